The number of anilines is 2. The zero-order valence-electron chi connectivity index (χ0n) is 13.4. The Balaban J connectivity index is 1.62. The van der Waals surface area contributed by atoms with Crippen molar-refractivity contribution in [1.82, 2.24) is 0 Å². The molecule has 1 aliphatic heterocycles. The minimum atomic E-state index is -0.276. The SMILES string of the molecule is COC(=O)c1c(NC(=S)N2CCc3ccccc32)sc2c1CCC2. The zero-order valence-corrected chi connectivity index (χ0v) is 15.1. The summed E-state index contributed by atoms with van der Waals surface area (Å²) in [5.74, 6) is -0.276. The fourth-order valence-corrected chi connectivity index (χ4v) is 5.16. The van der Waals surface area contributed by atoms with Crippen LogP contribution >= 0.6 is 23.6 Å². The lowest BCUT2D eigenvalue weighted by Crippen LogP contribution is -2.33. The van der Waals surface area contributed by atoms with Crippen molar-refractivity contribution in [3.8, 4) is 0 Å². The molecular formula is C18H18N2O2S2. The average Bonchev–Trinajstić information content (AvgIpc) is 3.27. The molecule has 6 heteroatoms. The van der Waals surface area contributed by atoms with Crippen LogP contribution in [0.25, 0.3) is 0 Å². The van der Waals surface area contributed by atoms with Crippen molar-refractivity contribution in [2.24, 2.45) is 0 Å². The van der Waals surface area contributed by atoms with Crippen LogP contribution in [0, 0.1) is 0 Å². The van der Waals surface area contributed by atoms with Gasteiger partial charge in [-0.1, -0.05) is 18.2 Å². The predicted octanol–water partition coefficient (Wildman–Crippen LogP) is 3.78. The van der Waals surface area contributed by atoms with Gasteiger partial charge in [0.15, 0.2) is 5.11 Å². The monoisotopic (exact) mass is 358 g/mol. The summed E-state index contributed by atoms with van der Waals surface area (Å²) in [7, 11) is 1.43. The van der Waals surface area contributed by atoms with Gasteiger partial charge in [-0.25, -0.2) is 4.79 Å². The highest BCUT2D eigenvalue weighted by Gasteiger charge is 2.29. The van der Waals surface area contributed by atoms with Crippen molar-refractivity contribution < 1.29 is 9.53 Å². The minimum Gasteiger partial charge on any atom is -0.465 e. The molecule has 0 saturated carbocycles. The van der Waals surface area contributed by atoms with E-state index in [4.69, 9.17) is 17.0 Å². The Labute approximate surface area is 150 Å². The minimum absolute atomic E-state index is 0.276. The number of thiophene rings is 1. The summed E-state index contributed by atoms with van der Waals surface area (Å²) >= 11 is 7.27. The first kappa shape index (κ1) is 15.6. The van der Waals surface area contributed by atoms with Gasteiger partial charge in [-0.3, -0.25) is 0 Å². The van der Waals surface area contributed by atoms with Crippen LogP contribution in [0.3, 0.4) is 0 Å². The fraction of sp³-hybridized carbons (Fsp3) is 0.333. The van der Waals surface area contributed by atoms with Crippen LogP contribution in [0.5, 0.6) is 0 Å². The number of nitrogens with one attached hydrogen (secondary N) is 1. The van der Waals surface area contributed by atoms with Gasteiger partial charge in [-0.05, 0) is 55.1 Å². The summed E-state index contributed by atoms with van der Waals surface area (Å²) < 4.78 is 4.99. The molecule has 24 heavy (non-hydrogen) atoms. The number of ether oxygens (including phenoxy) is 1. The number of carbonyl (C=O) groups excluding carboxylic acids is 1. The lowest BCUT2D eigenvalue weighted by Gasteiger charge is -2.21. The molecular weight excluding hydrogens is 340 g/mol. The van der Waals surface area contributed by atoms with Gasteiger partial charge < -0.3 is 15.0 Å². The molecule has 0 unspecified atom stereocenters. The Morgan fingerprint density at radius 2 is 2.12 bits per heavy atom. The highest BCUT2D eigenvalue weighted by molar-refractivity contribution is 7.80. The van der Waals surface area contributed by atoms with Gasteiger partial charge in [-0.15, -0.1) is 11.3 Å². The Morgan fingerprint density at radius 1 is 1.29 bits per heavy atom. The molecule has 0 amide bonds. The van der Waals surface area contributed by atoms with Crippen molar-refractivity contribution in [2.75, 3.05) is 23.9 Å². The van der Waals surface area contributed by atoms with Crippen molar-refractivity contribution in [1.29, 1.82) is 0 Å². The van der Waals surface area contributed by atoms with Gasteiger partial charge in [0, 0.05) is 17.1 Å². The molecule has 0 atom stereocenters. The fourth-order valence-electron chi connectivity index (χ4n) is 3.52. The number of aryl methyl sites for hydroxylation is 1. The van der Waals surface area contributed by atoms with Gasteiger partial charge in [0.2, 0.25) is 0 Å². The molecule has 4 rings (SSSR count). The van der Waals surface area contributed by atoms with E-state index in [1.165, 1.54) is 17.6 Å². The number of benzene rings is 1. The van der Waals surface area contributed by atoms with E-state index in [1.807, 2.05) is 6.07 Å². The Morgan fingerprint density at radius 3 is 2.96 bits per heavy atom. The lowest BCUT2D eigenvalue weighted by molar-refractivity contribution is 0.0601. The molecule has 2 heterocycles. The van der Waals surface area contributed by atoms with Crippen LogP contribution in [0.2, 0.25) is 0 Å². The number of fused-ring (bicyclic) bond motifs is 2. The highest BCUT2D eigenvalue weighted by Crippen LogP contribution is 2.40. The molecule has 1 aromatic heterocycles. The van der Waals surface area contributed by atoms with Gasteiger partial charge in [0.1, 0.15) is 5.00 Å². The molecule has 2 aliphatic rings. The predicted molar refractivity (Wildman–Crippen MR) is 101 cm³/mol. The summed E-state index contributed by atoms with van der Waals surface area (Å²) in [6.45, 7) is 0.865. The first-order valence-electron chi connectivity index (χ1n) is 8.08. The third kappa shape index (κ3) is 2.50. The first-order chi connectivity index (χ1) is 11.7. The van der Waals surface area contributed by atoms with E-state index in [1.54, 1.807) is 11.3 Å². The van der Waals surface area contributed by atoms with E-state index in [0.717, 1.165) is 48.5 Å². The van der Waals surface area contributed by atoms with Crippen LogP contribution in [0.1, 0.15) is 32.8 Å². The molecule has 0 radical (unpaired) electrons. The maximum atomic E-state index is 12.2. The molecule has 0 fully saturated rings. The summed E-state index contributed by atoms with van der Waals surface area (Å²) in [5, 5.41) is 4.78. The normalized spacial score (nSPS) is 15.1. The maximum Gasteiger partial charge on any atom is 0.341 e. The second kappa shape index (κ2) is 6.18. The molecule has 1 aromatic carbocycles. The Kier molecular flexibility index (Phi) is 4.02. The summed E-state index contributed by atoms with van der Waals surface area (Å²) in [4.78, 5) is 15.6. The van der Waals surface area contributed by atoms with E-state index in [0.29, 0.717) is 10.7 Å². The van der Waals surface area contributed by atoms with Gasteiger partial charge >= 0.3 is 5.97 Å². The molecule has 2 aromatic rings. The average molecular weight is 358 g/mol. The topological polar surface area (TPSA) is 41.6 Å². The first-order valence-corrected chi connectivity index (χ1v) is 9.31. The number of methoxy groups -OCH3 is 1. The second-order valence-electron chi connectivity index (χ2n) is 6.01. The Hall–Kier alpha value is -1.92. The van der Waals surface area contributed by atoms with Crippen LogP contribution in [-0.2, 0) is 24.0 Å². The molecule has 1 N–H and O–H groups in total. The number of esters is 1. The van der Waals surface area contributed by atoms with E-state index in [9.17, 15) is 4.79 Å². The molecule has 0 spiro atoms. The number of para-hydroxylation sites is 1. The maximum absolute atomic E-state index is 12.2. The molecule has 0 saturated heterocycles. The molecule has 0 bridgehead atoms. The van der Waals surface area contributed by atoms with E-state index >= 15 is 0 Å². The number of carbonyl (C=O) groups is 1. The third-order valence-corrected chi connectivity index (χ3v) is 6.19. The molecule has 1 aliphatic carbocycles. The van der Waals surface area contributed by atoms with E-state index in [2.05, 4.69) is 28.4 Å². The summed E-state index contributed by atoms with van der Waals surface area (Å²) in [5.41, 5.74) is 4.27. The van der Waals surface area contributed by atoms with Gasteiger partial charge in [-0.2, -0.15) is 0 Å². The number of rotatable bonds is 2. The van der Waals surface area contributed by atoms with Crippen molar-refractivity contribution in [2.45, 2.75) is 25.7 Å². The molecule has 4 nitrogen and oxygen atoms in total. The number of thiocarbonyl (C=S) groups is 1. The second-order valence-corrected chi connectivity index (χ2v) is 7.51. The van der Waals surface area contributed by atoms with Crippen molar-refractivity contribution in [3.63, 3.8) is 0 Å². The summed E-state index contributed by atoms with van der Waals surface area (Å²) in [6.07, 6.45) is 4.07. The largest absolute Gasteiger partial charge is 0.465 e. The number of hydrogen-bond donors (Lipinski definition) is 1. The van der Waals surface area contributed by atoms with Crippen LogP contribution < -0.4 is 10.2 Å². The van der Waals surface area contributed by atoms with Crippen LogP contribution in [0.15, 0.2) is 24.3 Å². The molecule has 124 valence electrons. The number of hydrogen-bond acceptors (Lipinski definition) is 4. The van der Waals surface area contributed by atoms with E-state index < -0.39 is 0 Å². The van der Waals surface area contributed by atoms with Gasteiger partial charge in [0.25, 0.3) is 0 Å². The van der Waals surface area contributed by atoms with Gasteiger partial charge in [0.05, 0.1) is 12.7 Å². The van der Waals surface area contributed by atoms with Crippen molar-refractivity contribution in [3.05, 3.63) is 45.8 Å². The standard InChI is InChI=1S/C18H18N2O2S2/c1-22-17(21)15-12-6-4-8-14(12)24-16(15)19-18(23)20-10-9-11-5-2-3-7-13(11)20/h2-3,5,7H,4,6,8-10H2,1H3,(H,19,23). The number of nitrogens with zero attached hydrogens (tertiary/aromatic N) is 1. The lowest BCUT2D eigenvalue weighted by atomic mass is 10.1. The van der Waals surface area contributed by atoms with E-state index in [-0.39, 0.29) is 5.97 Å². The Bertz CT molecular complexity index is 828. The van der Waals surface area contributed by atoms with Crippen LogP contribution in [0.4, 0.5) is 10.7 Å². The highest BCUT2D eigenvalue weighted by atomic mass is 32.1. The third-order valence-electron chi connectivity index (χ3n) is 4.66. The van der Waals surface area contributed by atoms with Crippen molar-refractivity contribution >= 4 is 45.3 Å². The summed E-state index contributed by atoms with van der Waals surface area (Å²) in [6, 6.07) is 8.31. The quantitative estimate of drug-likeness (QED) is 0.654. The zero-order chi connectivity index (χ0) is 16.7. The van der Waals surface area contributed by atoms with Crippen LogP contribution in [-0.4, -0.2) is 24.7 Å². The smallest absolute Gasteiger partial charge is 0.341 e.